The Hall–Kier alpha value is -1.40. The molecule has 0 aromatic heterocycles. The van der Waals surface area contributed by atoms with E-state index in [0.29, 0.717) is 25.9 Å². The first-order chi connectivity index (χ1) is 44.5. The second kappa shape index (κ2) is 80.0. The molecule has 1 amide bonds. The molecule has 0 aliphatic rings. The molecule has 2 atom stereocenters. The Balaban J connectivity index is 3.35. The van der Waals surface area contributed by atoms with Crippen molar-refractivity contribution in [3.8, 4) is 0 Å². The highest BCUT2D eigenvalue weighted by molar-refractivity contribution is 5.76. The molecule has 6 nitrogen and oxygen atoms in total. The Morgan fingerprint density at radius 2 is 0.522 bits per heavy atom. The summed E-state index contributed by atoms with van der Waals surface area (Å²) in [5.41, 5.74) is 0. The van der Waals surface area contributed by atoms with Crippen LogP contribution in [-0.4, -0.2) is 47.4 Å². The summed E-state index contributed by atoms with van der Waals surface area (Å²) in [7, 11) is 0. The summed E-state index contributed by atoms with van der Waals surface area (Å²) in [6, 6.07) is -0.541. The van der Waals surface area contributed by atoms with Crippen LogP contribution in [0, 0.1) is 0 Å². The fraction of sp³-hybridized carbons (Fsp3) is 0.952. The quantitative estimate of drug-likeness (QED) is 0.0320. The van der Waals surface area contributed by atoms with Crippen LogP contribution in [0.15, 0.2) is 12.2 Å². The van der Waals surface area contributed by atoms with Crippen LogP contribution in [0.5, 0.6) is 0 Å². The SMILES string of the molecule is CCCCCCCCCCCCCCCCCCCCCCCCCCC(O)C(CO)NC(=O)CCCCCCCCCCCCCCCC/C=C\CCCCCCCCCCCCCCOC(=O)CCCCCCCCCCCCCCCCCCCCC. The van der Waals surface area contributed by atoms with E-state index in [1.54, 1.807) is 0 Å². The molecule has 0 aliphatic heterocycles. The third-order valence-electron chi connectivity index (χ3n) is 20.1. The van der Waals surface area contributed by atoms with Crippen LogP contribution in [-0.2, 0) is 14.3 Å². The molecule has 0 saturated carbocycles. The van der Waals surface area contributed by atoms with Gasteiger partial charge in [0.25, 0.3) is 0 Å². The highest BCUT2D eigenvalue weighted by Gasteiger charge is 2.20. The maximum absolute atomic E-state index is 12.6. The average Bonchev–Trinajstić information content (AvgIpc) is 3.59. The summed E-state index contributed by atoms with van der Waals surface area (Å²) in [5.74, 6) is -0.00352. The number of ether oxygens (including phenoxy) is 1. The third kappa shape index (κ3) is 75.6. The van der Waals surface area contributed by atoms with E-state index in [1.165, 1.54) is 417 Å². The predicted octanol–water partition coefficient (Wildman–Crippen LogP) is 27.8. The van der Waals surface area contributed by atoms with E-state index in [9.17, 15) is 19.8 Å². The summed E-state index contributed by atoms with van der Waals surface area (Å²) in [4.78, 5) is 24.7. The highest BCUT2D eigenvalue weighted by atomic mass is 16.5. The summed E-state index contributed by atoms with van der Waals surface area (Å²) in [6.07, 6.45) is 102. The van der Waals surface area contributed by atoms with Crippen molar-refractivity contribution in [2.24, 2.45) is 0 Å². The van der Waals surface area contributed by atoms with Crippen molar-refractivity contribution in [2.45, 2.75) is 501 Å². The number of amides is 1. The van der Waals surface area contributed by atoms with Gasteiger partial charge in [-0.3, -0.25) is 9.59 Å². The molecule has 3 N–H and O–H groups in total. The van der Waals surface area contributed by atoms with Crippen LogP contribution in [0.3, 0.4) is 0 Å². The summed E-state index contributed by atoms with van der Waals surface area (Å²) in [5, 5.41) is 23.5. The van der Waals surface area contributed by atoms with Crippen LogP contribution in [0.25, 0.3) is 0 Å². The van der Waals surface area contributed by atoms with Gasteiger partial charge < -0.3 is 20.3 Å². The van der Waals surface area contributed by atoms with E-state index in [-0.39, 0.29) is 18.5 Å². The smallest absolute Gasteiger partial charge is 0.305 e. The Morgan fingerprint density at radius 3 is 0.789 bits per heavy atom. The van der Waals surface area contributed by atoms with E-state index in [2.05, 4.69) is 31.3 Å². The average molecular weight is 1270 g/mol. The lowest BCUT2D eigenvalue weighted by Crippen LogP contribution is -2.45. The van der Waals surface area contributed by atoms with E-state index in [4.69, 9.17) is 4.74 Å². The summed E-state index contributed by atoms with van der Waals surface area (Å²) >= 11 is 0. The van der Waals surface area contributed by atoms with Gasteiger partial charge in [-0.1, -0.05) is 437 Å². The van der Waals surface area contributed by atoms with Gasteiger partial charge in [0.05, 0.1) is 25.4 Å². The molecule has 0 heterocycles. The number of hydrogen-bond acceptors (Lipinski definition) is 5. The van der Waals surface area contributed by atoms with Gasteiger partial charge in [0, 0.05) is 12.8 Å². The van der Waals surface area contributed by atoms with Gasteiger partial charge in [-0.25, -0.2) is 0 Å². The van der Waals surface area contributed by atoms with Crippen molar-refractivity contribution < 1.29 is 24.5 Å². The van der Waals surface area contributed by atoms with Crippen molar-refractivity contribution >= 4 is 11.9 Å². The number of nitrogens with one attached hydrogen (secondary N) is 1. The van der Waals surface area contributed by atoms with Crippen molar-refractivity contribution in [1.29, 1.82) is 0 Å². The number of aliphatic hydroxyl groups excluding tert-OH is 2. The zero-order valence-corrected chi connectivity index (χ0v) is 61.7. The van der Waals surface area contributed by atoms with Crippen molar-refractivity contribution in [3.63, 3.8) is 0 Å². The number of carbonyl (C=O) groups is 2. The molecule has 0 aromatic carbocycles. The third-order valence-corrected chi connectivity index (χ3v) is 20.1. The monoisotopic (exact) mass is 1270 g/mol. The molecule has 6 heteroatoms. The maximum atomic E-state index is 12.6. The van der Waals surface area contributed by atoms with Crippen molar-refractivity contribution in [2.75, 3.05) is 13.2 Å². The van der Waals surface area contributed by atoms with Gasteiger partial charge in [0.2, 0.25) is 5.91 Å². The number of hydrogen-bond donors (Lipinski definition) is 3. The van der Waals surface area contributed by atoms with Gasteiger partial charge in [-0.2, -0.15) is 0 Å². The molecule has 0 fully saturated rings. The predicted molar refractivity (Wildman–Crippen MR) is 398 cm³/mol. The minimum absolute atomic E-state index is 0.0235. The second-order valence-electron chi connectivity index (χ2n) is 29.2. The molecule has 0 aromatic rings. The van der Waals surface area contributed by atoms with Gasteiger partial charge in [-0.05, 0) is 51.4 Å². The molecule has 0 aliphatic carbocycles. The van der Waals surface area contributed by atoms with Crippen molar-refractivity contribution in [1.82, 2.24) is 5.32 Å². The summed E-state index contributed by atoms with van der Waals surface area (Å²) in [6.45, 7) is 5.02. The number of esters is 1. The lowest BCUT2D eigenvalue weighted by Gasteiger charge is -2.22. The number of rotatable bonds is 80. The van der Waals surface area contributed by atoms with Crippen molar-refractivity contribution in [3.05, 3.63) is 12.2 Å². The van der Waals surface area contributed by atoms with Crippen LogP contribution in [0.2, 0.25) is 0 Å². The minimum Gasteiger partial charge on any atom is -0.466 e. The maximum Gasteiger partial charge on any atom is 0.305 e. The zero-order chi connectivity index (χ0) is 64.9. The van der Waals surface area contributed by atoms with E-state index in [1.807, 2.05) is 0 Å². The molecule has 90 heavy (non-hydrogen) atoms. The Labute approximate surface area is 565 Å². The minimum atomic E-state index is -0.664. The van der Waals surface area contributed by atoms with Crippen LogP contribution in [0.4, 0.5) is 0 Å². The Morgan fingerprint density at radius 1 is 0.300 bits per heavy atom. The van der Waals surface area contributed by atoms with Crippen LogP contribution in [0.1, 0.15) is 489 Å². The van der Waals surface area contributed by atoms with E-state index < -0.39 is 12.1 Å². The lowest BCUT2D eigenvalue weighted by molar-refractivity contribution is -0.143. The molecule has 0 spiro atoms. The molecule has 0 saturated heterocycles. The van der Waals surface area contributed by atoms with Gasteiger partial charge >= 0.3 is 5.97 Å². The van der Waals surface area contributed by atoms with Crippen LogP contribution < -0.4 is 5.32 Å². The Kier molecular flexibility index (Phi) is 78.8. The zero-order valence-electron chi connectivity index (χ0n) is 61.7. The largest absolute Gasteiger partial charge is 0.466 e. The van der Waals surface area contributed by atoms with Gasteiger partial charge in [-0.15, -0.1) is 0 Å². The molecule has 0 radical (unpaired) electrons. The first-order valence-electron chi connectivity index (χ1n) is 41.9. The fourth-order valence-electron chi connectivity index (χ4n) is 13.7. The highest BCUT2D eigenvalue weighted by Crippen LogP contribution is 2.21. The molecular weight excluding hydrogens is 1100 g/mol. The van der Waals surface area contributed by atoms with Crippen LogP contribution >= 0.6 is 0 Å². The number of allylic oxidation sites excluding steroid dienone is 2. The number of carbonyl (C=O) groups excluding carboxylic acids is 2. The van der Waals surface area contributed by atoms with E-state index >= 15 is 0 Å². The molecule has 2 unspecified atom stereocenters. The molecule has 0 bridgehead atoms. The Bertz CT molecular complexity index is 1370. The molecule has 536 valence electrons. The van der Waals surface area contributed by atoms with Gasteiger partial charge in [0.1, 0.15) is 0 Å². The molecule has 0 rings (SSSR count). The topological polar surface area (TPSA) is 95.9 Å². The number of aliphatic hydroxyl groups is 2. The normalized spacial score (nSPS) is 12.4. The first kappa shape index (κ1) is 88.6. The standard InChI is InChI=1S/C84H165NO5/c1-3-5-7-9-11-13-15-17-19-21-23-24-25-34-37-41-44-48-52-56-60-64-68-72-76-82(87)81(80-86)85-83(88)77-73-69-65-61-57-53-49-45-42-38-35-32-30-28-26-27-29-31-33-36-39-43-47-51-55-59-63-67-71-75-79-90-84(89)78-74-70-66-62-58-54-50-46-40-22-20-18-16-14-12-10-8-6-4-2/h27,29,81-82,86-87H,3-26,28,30-80H2,1-2H3,(H,85,88)/b29-27-. The molecular formula is C84H165NO5. The van der Waals surface area contributed by atoms with Gasteiger partial charge in [0.15, 0.2) is 0 Å². The summed E-state index contributed by atoms with van der Waals surface area (Å²) < 4.78 is 5.52. The second-order valence-corrected chi connectivity index (χ2v) is 29.2. The lowest BCUT2D eigenvalue weighted by atomic mass is 10.0. The van der Waals surface area contributed by atoms with E-state index in [0.717, 1.165) is 38.5 Å². The first-order valence-corrected chi connectivity index (χ1v) is 41.9. The fourth-order valence-corrected chi connectivity index (χ4v) is 13.7. The number of unbranched alkanes of at least 4 members (excludes halogenated alkanes) is 67.